The number of hydrogen-bond donors (Lipinski definition) is 1. The Balaban J connectivity index is 1.48. The predicted octanol–water partition coefficient (Wildman–Crippen LogP) is 3.86. The van der Waals surface area contributed by atoms with E-state index in [1.807, 2.05) is 50.2 Å². The molecule has 0 spiro atoms. The normalized spacial score (nSPS) is 12.3. The van der Waals surface area contributed by atoms with Crippen molar-refractivity contribution in [3.63, 3.8) is 0 Å². The first kappa shape index (κ1) is 21.0. The van der Waals surface area contributed by atoms with Crippen molar-refractivity contribution < 1.29 is 23.8 Å². The molecule has 7 heteroatoms. The number of aryl methyl sites for hydroxylation is 2. The first-order chi connectivity index (χ1) is 14.1. The van der Waals surface area contributed by atoms with Crippen LogP contribution in [-0.4, -0.2) is 37.4 Å². The van der Waals surface area contributed by atoms with E-state index in [1.165, 1.54) is 11.8 Å². The zero-order valence-corrected chi connectivity index (χ0v) is 17.5. The van der Waals surface area contributed by atoms with Gasteiger partial charge in [-0.1, -0.05) is 32.0 Å². The zero-order chi connectivity index (χ0) is 20.6. The number of benzene rings is 2. The first-order valence-electron chi connectivity index (χ1n) is 9.69. The number of hydrogen-bond acceptors (Lipinski definition) is 6. The smallest absolute Gasteiger partial charge is 0.316 e. The van der Waals surface area contributed by atoms with Crippen LogP contribution in [0.5, 0.6) is 11.5 Å². The summed E-state index contributed by atoms with van der Waals surface area (Å²) in [5.74, 6) is 0.713. The molecule has 0 saturated heterocycles. The quantitative estimate of drug-likeness (QED) is 0.521. The van der Waals surface area contributed by atoms with Gasteiger partial charge in [0.15, 0.2) is 18.1 Å². The summed E-state index contributed by atoms with van der Waals surface area (Å²) in [5.41, 5.74) is 2.96. The number of nitrogens with one attached hydrogen (secondary N) is 1. The summed E-state index contributed by atoms with van der Waals surface area (Å²) in [5, 5.41) is 2.89. The first-order valence-corrected chi connectivity index (χ1v) is 10.7. The Labute approximate surface area is 174 Å². The van der Waals surface area contributed by atoms with Crippen molar-refractivity contribution >= 4 is 29.3 Å². The summed E-state index contributed by atoms with van der Waals surface area (Å²) in [6.45, 7) is 4.83. The minimum atomic E-state index is -0.445. The van der Waals surface area contributed by atoms with Crippen molar-refractivity contribution in [3.8, 4) is 11.5 Å². The zero-order valence-electron chi connectivity index (χ0n) is 16.7. The molecule has 0 atom stereocenters. The summed E-state index contributed by atoms with van der Waals surface area (Å²) in [6.07, 6.45) is 1.63. The number of thioether (sulfide) groups is 1. The lowest BCUT2D eigenvalue weighted by molar-refractivity contribution is -0.144. The van der Waals surface area contributed by atoms with E-state index < -0.39 is 5.97 Å². The van der Waals surface area contributed by atoms with Crippen molar-refractivity contribution in [2.45, 2.75) is 31.6 Å². The molecule has 1 N–H and O–H groups in total. The number of carbonyl (C=O) groups is 2. The topological polar surface area (TPSA) is 73.9 Å². The lowest BCUT2D eigenvalue weighted by atomic mass is 10.0. The van der Waals surface area contributed by atoms with Crippen LogP contribution < -0.4 is 14.8 Å². The minimum Gasteiger partial charge on any atom is -0.486 e. The Kier molecular flexibility index (Phi) is 7.41. The highest BCUT2D eigenvalue weighted by molar-refractivity contribution is 8.00. The number of rotatable bonds is 8. The van der Waals surface area contributed by atoms with Gasteiger partial charge < -0.3 is 19.5 Å². The van der Waals surface area contributed by atoms with Crippen LogP contribution in [0.25, 0.3) is 0 Å². The summed E-state index contributed by atoms with van der Waals surface area (Å²) >= 11 is 1.33. The Bertz CT molecular complexity index is 861. The van der Waals surface area contributed by atoms with Gasteiger partial charge in [0.25, 0.3) is 5.91 Å². The van der Waals surface area contributed by atoms with Gasteiger partial charge in [-0.25, -0.2) is 0 Å². The highest BCUT2D eigenvalue weighted by Gasteiger charge is 2.15. The molecule has 1 aliphatic rings. The fourth-order valence-corrected chi connectivity index (χ4v) is 3.74. The van der Waals surface area contributed by atoms with E-state index >= 15 is 0 Å². The van der Waals surface area contributed by atoms with E-state index in [9.17, 15) is 9.59 Å². The van der Waals surface area contributed by atoms with Crippen molar-refractivity contribution in [2.75, 3.05) is 30.9 Å². The number of carbonyl (C=O) groups excluding carboxylic acids is 2. The van der Waals surface area contributed by atoms with Gasteiger partial charge in [-0.2, -0.15) is 0 Å². The molecule has 2 aromatic carbocycles. The Morgan fingerprint density at radius 3 is 2.41 bits per heavy atom. The number of ether oxygens (including phenoxy) is 3. The number of para-hydroxylation sites is 1. The molecule has 2 aromatic rings. The molecule has 3 rings (SSSR count). The molecule has 0 bridgehead atoms. The van der Waals surface area contributed by atoms with E-state index in [0.29, 0.717) is 24.7 Å². The van der Waals surface area contributed by atoms with Crippen molar-refractivity contribution in [1.82, 2.24) is 0 Å². The van der Waals surface area contributed by atoms with Crippen LogP contribution in [0.4, 0.5) is 5.69 Å². The second-order valence-electron chi connectivity index (χ2n) is 6.46. The Morgan fingerprint density at radius 1 is 1.03 bits per heavy atom. The van der Waals surface area contributed by atoms with Crippen LogP contribution in [0.15, 0.2) is 41.3 Å². The highest BCUT2D eigenvalue weighted by Crippen LogP contribution is 2.34. The molecular weight excluding hydrogens is 390 g/mol. The lowest BCUT2D eigenvalue weighted by Gasteiger charge is -2.18. The van der Waals surface area contributed by atoms with Gasteiger partial charge in [-0.15, -0.1) is 11.8 Å². The molecule has 1 amide bonds. The molecule has 0 fully saturated rings. The largest absolute Gasteiger partial charge is 0.486 e. The van der Waals surface area contributed by atoms with Crippen molar-refractivity contribution in [3.05, 3.63) is 47.5 Å². The maximum Gasteiger partial charge on any atom is 0.316 e. The maximum atomic E-state index is 12.3. The van der Waals surface area contributed by atoms with Gasteiger partial charge in [0.1, 0.15) is 13.2 Å². The van der Waals surface area contributed by atoms with Crippen molar-refractivity contribution in [1.29, 1.82) is 0 Å². The van der Waals surface area contributed by atoms with Gasteiger partial charge >= 0.3 is 5.97 Å². The van der Waals surface area contributed by atoms with Crippen LogP contribution in [0.2, 0.25) is 0 Å². The molecule has 29 heavy (non-hydrogen) atoms. The fraction of sp³-hybridized carbons (Fsp3) is 0.364. The molecule has 0 unspecified atom stereocenters. The standard InChI is InChI=1S/C22H25NO5S/c1-3-15-6-5-7-16(4-2)22(15)23-20(24)13-28-21(25)14-29-17-8-9-18-19(12-17)27-11-10-26-18/h5-9,12H,3-4,10-11,13-14H2,1-2H3,(H,23,24). The van der Waals surface area contributed by atoms with E-state index in [2.05, 4.69) is 5.32 Å². The van der Waals surface area contributed by atoms with E-state index in [4.69, 9.17) is 14.2 Å². The number of fused-ring (bicyclic) bond motifs is 1. The van der Waals surface area contributed by atoms with Crippen LogP contribution in [0, 0.1) is 0 Å². The molecule has 1 aliphatic heterocycles. The monoisotopic (exact) mass is 415 g/mol. The molecule has 154 valence electrons. The Hall–Kier alpha value is -2.67. The SMILES string of the molecule is CCc1cccc(CC)c1NC(=O)COC(=O)CSc1ccc2c(c1)OCCO2. The molecule has 6 nitrogen and oxygen atoms in total. The van der Waals surface area contributed by atoms with Crippen LogP contribution in [0.1, 0.15) is 25.0 Å². The number of amides is 1. The van der Waals surface area contributed by atoms with Crippen LogP contribution in [0.3, 0.4) is 0 Å². The Morgan fingerprint density at radius 2 is 1.72 bits per heavy atom. The van der Waals surface area contributed by atoms with E-state index in [0.717, 1.165) is 34.6 Å². The number of esters is 1. The lowest BCUT2D eigenvalue weighted by Crippen LogP contribution is -2.23. The second kappa shape index (κ2) is 10.2. The highest BCUT2D eigenvalue weighted by atomic mass is 32.2. The molecular formula is C22H25NO5S. The van der Waals surface area contributed by atoms with Gasteiger partial charge in [-0.3, -0.25) is 9.59 Å². The van der Waals surface area contributed by atoms with Crippen LogP contribution >= 0.6 is 11.8 Å². The summed E-state index contributed by atoms with van der Waals surface area (Å²) in [4.78, 5) is 25.2. The third kappa shape index (κ3) is 5.67. The van der Waals surface area contributed by atoms with Crippen molar-refractivity contribution in [2.24, 2.45) is 0 Å². The maximum absolute atomic E-state index is 12.3. The molecule has 0 radical (unpaired) electrons. The van der Waals surface area contributed by atoms with E-state index in [-0.39, 0.29) is 18.3 Å². The molecule has 0 saturated carbocycles. The summed E-state index contributed by atoms with van der Waals surface area (Å²) in [6, 6.07) is 11.5. The minimum absolute atomic E-state index is 0.110. The van der Waals surface area contributed by atoms with Crippen LogP contribution in [-0.2, 0) is 27.2 Å². The van der Waals surface area contributed by atoms with Gasteiger partial charge in [0.05, 0.1) is 5.75 Å². The number of anilines is 1. The molecule has 0 aliphatic carbocycles. The van der Waals surface area contributed by atoms with Gasteiger partial charge in [0.2, 0.25) is 0 Å². The predicted molar refractivity (Wildman–Crippen MR) is 113 cm³/mol. The molecule has 0 aromatic heterocycles. The third-order valence-corrected chi connectivity index (χ3v) is 5.47. The third-order valence-electron chi connectivity index (χ3n) is 4.50. The molecule has 1 heterocycles. The summed E-state index contributed by atoms with van der Waals surface area (Å²) < 4.78 is 16.1. The van der Waals surface area contributed by atoms with E-state index in [1.54, 1.807) is 0 Å². The summed E-state index contributed by atoms with van der Waals surface area (Å²) in [7, 11) is 0. The van der Waals surface area contributed by atoms with Gasteiger partial charge in [0, 0.05) is 10.6 Å². The average Bonchev–Trinajstić information content (AvgIpc) is 2.76. The second-order valence-corrected chi connectivity index (χ2v) is 7.51. The fourth-order valence-electron chi connectivity index (χ4n) is 3.02. The van der Waals surface area contributed by atoms with Gasteiger partial charge in [-0.05, 0) is 42.2 Å². The average molecular weight is 416 g/mol.